The zero-order chi connectivity index (χ0) is 13.8. The van der Waals surface area contributed by atoms with Crippen LogP contribution in [-0.2, 0) is 11.3 Å². The largest absolute Gasteiger partial charge is 0.480 e. The van der Waals surface area contributed by atoms with E-state index in [0.717, 1.165) is 0 Å². The van der Waals surface area contributed by atoms with Crippen LogP contribution in [0.4, 0.5) is 4.79 Å². The van der Waals surface area contributed by atoms with Gasteiger partial charge in [-0.1, -0.05) is 0 Å². The zero-order valence-corrected chi connectivity index (χ0v) is 11.4. The molecule has 1 aromatic rings. The van der Waals surface area contributed by atoms with Gasteiger partial charge in [-0.05, 0) is 19.1 Å². The SMILES string of the molecule is CCN(Cc1ccco1)C(=O)N1CSCC1C(=O)O. The molecule has 1 saturated heterocycles. The van der Waals surface area contributed by atoms with E-state index in [4.69, 9.17) is 9.52 Å². The minimum Gasteiger partial charge on any atom is -0.480 e. The van der Waals surface area contributed by atoms with Crippen LogP contribution in [0.15, 0.2) is 22.8 Å². The van der Waals surface area contributed by atoms with Crippen molar-refractivity contribution in [1.82, 2.24) is 9.80 Å². The summed E-state index contributed by atoms with van der Waals surface area (Å²) in [5.74, 6) is 0.602. The van der Waals surface area contributed by atoms with Gasteiger partial charge in [-0.25, -0.2) is 9.59 Å². The van der Waals surface area contributed by atoms with Gasteiger partial charge >= 0.3 is 12.0 Å². The molecule has 2 rings (SSSR count). The molecule has 104 valence electrons. The number of urea groups is 1. The maximum atomic E-state index is 12.4. The number of carboxylic acid groups (broad SMARTS) is 1. The molecule has 1 atom stereocenters. The zero-order valence-electron chi connectivity index (χ0n) is 10.6. The first-order chi connectivity index (χ1) is 9.13. The molecule has 0 radical (unpaired) electrons. The Morgan fingerprint density at radius 1 is 1.63 bits per heavy atom. The van der Waals surface area contributed by atoms with Crippen LogP contribution in [-0.4, -0.2) is 51.1 Å². The Bertz CT molecular complexity index is 449. The monoisotopic (exact) mass is 284 g/mol. The van der Waals surface area contributed by atoms with Gasteiger partial charge in [-0.3, -0.25) is 0 Å². The quantitative estimate of drug-likeness (QED) is 0.910. The Hall–Kier alpha value is -1.63. The van der Waals surface area contributed by atoms with Crippen molar-refractivity contribution in [2.45, 2.75) is 19.5 Å². The molecular weight excluding hydrogens is 268 g/mol. The first-order valence-electron chi connectivity index (χ1n) is 6.02. The Morgan fingerprint density at radius 2 is 2.42 bits per heavy atom. The van der Waals surface area contributed by atoms with Gasteiger partial charge in [0.2, 0.25) is 0 Å². The summed E-state index contributed by atoms with van der Waals surface area (Å²) in [6.07, 6.45) is 1.55. The second-order valence-corrected chi connectivity index (χ2v) is 5.20. The lowest BCUT2D eigenvalue weighted by molar-refractivity contribution is -0.140. The van der Waals surface area contributed by atoms with Crippen LogP contribution in [0.2, 0.25) is 0 Å². The van der Waals surface area contributed by atoms with E-state index in [0.29, 0.717) is 30.5 Å². The molecule has 2 heterocycles. The number of carbonyl (C=O) groups is 2. The molecule has 1 aliphatic rings. The molecule has 0 bridgehead atoms. The van der Waals surface area contributed by atoms with Crippen LogP contribution in [0.3, 0.4) is 0 Å². The summed E-state index contributed by atoms with van der Waals surface area (Å²) in [6, 6.07) is 2.57. The van der Waals surface area contributed by atoms with Crippen molar-refractivity contribution in [3.8, 4) is 0 Å². The summed E-state index contributed by atoms with van der Waals surface area (Å²) >= 11 is 1.46. The van der Waals surface area contributed by atoms with Gasteiger partial charge in [-0.2, -0.15) is 0 Å². The van der Waals surface area contributed by atoms with E-state index in [1.165, 1.54) is 16.7 Å². The first kappa shape index (κ1) is 13.8. The predicted octanol–water partition coefficient (Wildman–Crippen LogP) is 1.68. The van der Waals surface area contributed by atoms with Crippen molar-refractivity contribution in [3.05, 3.63) is 24.2 Å². The Labute approximate surface area is 115 Å². The maximum Gasteiger partial charge on any atom is 0.327 e. The number of furan rings is 1. The first-order valence-corrected chi connectivity index (χ1v) is 7.17. The van der Waals surface area contributed by atoms with Crippen LogP contribution in [0.5, 0.6) is 0 Å². The van der Waals surface area contributed by atoms with Gasteiger partial charge in [0.05, 0.1) is 18.7 Å². The number of nitrogens with zero attached hydrogens (tertiary/aromatic N) is 2. The van der Waals surface area contributed by atoms with Crippen LogP contribution in [0.25, 0.3) is 0 Å². The Morgan fingerprint density at radius 3 is 3.00 bits per heavy atom. The molecule has 1 unspecified atom stereocenters. The van der Waals surface area contributed by atoms with E-state index in [1.807, 2.05) is 6.92 Å². The normalized spacial score (nSPS) is 18.6. The average Bonchev–Trinajstić information content (AvgIpc) is 3.05. The van der Waals surface area contributed by atoms with Crippen LogP contribution < -0.4 is 0 Å². The Kier molecular flexibility index (Phi) is 4.36. The number of hydrogen-bond acceptors (Lipinski definition) is 4. The molecule has 0 aromatic carbocycles. The molecule has 1 fully saturated rings. The van der Waals surface area contributed by atoms with Gasteiger partial charge in [-0.15, -0.1) is 11.8 Å². The van der Waals surface area contributed by atoms with Crippen molar-refractivity contribution >= 4 is 23.8 Å². The highest BCUT2D eigenvalue weighted by Gasteiger charge is 2.36. The second-order valence-electron chi connectivity index (χ2n) is 4.20. The summed E-state index contributed by atoms with van der Waals surface area (Å²) < 4.78 is 5.22. The van der Waals surface area contributed by atoms with Crippen LogP contribution >= 0.6 is 11.8 Å². The summed E-state index contributed by atoms with van der Waals surface area (Å²) in [7, 11) is 0. The lowest BCUT2D eigenvalue weighted by Crippen LogP contribution is -2.48. The summed E-state index contributed by atoms with van der Waals surface area (Å²) in [5, 5.41) is 9.10. The van der Waals surface area contributed by atoms with Crippen molar-refractivity contribution < 1.29 is 19.1 Å². The summed E-state index contributed by atoms with van der Waals surface area (Å²) in [6.45, 7) is 2.72. The number of carboxylic acids is 1. The van der Waals surface area contributed by atoms with Gasteiger partial charge in [0.1, 0.15) is 11.8 Å². The van der Waals surface area contributed by atoms with Gasteiger partial charge in [0.15, 0.2) is 0 Å². The number of hydrogen-bond donors (Lipinski definition) is 1. The Balaban J connectivity index is 2.05. The number of carbonyl (C=O) groups excluding carboxylic acids is 1. The molecule has 0 saturated carbocycles. The highest BCUT2D eigenvalue weighted by Crippen LogP contribution is 2.23. The molecule has 0 aliphatic carbocycles. The van der Waals surface area contributed by atoms with E-state index in [9.17, 15) is 9.59 Å². The fraction of sp³-hybridized carbons (Fsp3) is 0.500. The number of amides is 2. The lowest BCUT2D eigenvalue weighted by atomic mass is 10.3. The highest BCUT2D eigenvalue weighted by atomic mass is 32.2. The molecular formula is C12H16N2O4S. The highest BCUT2D eigenvalue weighted by molar-refractivity contribution is 7.99. The van der Waals surface area contributed by atoms with Crippen molar-refractivity contribution in [1.29, 1.82) is 0 Å². The number of rotatable bonds is 4. The topological polar surface area (TPSA) is 74.0 Å². The summed E-state index contributed by atoms with van der Waals surface area (Å²) in [4.78, 5) is 26.4. The van der Waals surface area contributed by atoms with Crippen molar-refractivity contribution in [3.63, 3.8) is 0 Å². The van der Waals surface area contributed by atoms with E-state index >= 15 is 0 Å². The van der Waals surface area contributed by atoms with Crippen LogP contribution in [0, 0.1) is 0 Å². The maximum absolute atomic E-state index is 12.4. The van der Waals surface area contributed by atoms with E-state index in [-0.39, 0.29) is 6.03 Å². The average molecular weight is 284 g/mol. The molecule has 0 spiro atoms. The molecule has 1 aliphatic heterocycles. The lowest BCUT2D eigenvalue weighted by Gasteiger charge is -2.28. The van der Waals surface area contributed by atoms with Crippen LogP contribution in [0.1, 0.15) is 12.7 Å². The van der Waals surface area contributed by atoms with E-state index in [2.05, 4.69) is 0 Å². The molecule has 7 heteroatoms. The van der Waals surface area contributed by atoms with Crippen molar-refractivity contribution in [2.24, 2.45) is 0 Å². The van der Waals surface area contributed by atoms with E-state index in [1.54, 1.807) is 23.3 Å². The van der Waals surface area contributed by atoms with Crippen molar-refractivity contribution in [2.75, 3.05) is 18.2 Å². The minimum atomic E-state index is -0.951. The fourth-order valence-electron chi connectivity index (χ4n) is 1.92. The summed E-state index contributed by atoms with van der Waals surface area (Å²) in [5.41, 5.74) is 0. The standard InChI is InChI=1S/C12H16N2O4S/c1-2-13(6-9-4-3-5-18-9)12(17)14-8-19-7-10(14)11(15)16/h3-5,10H,2,6-8H2,1H3,(H,15,16). The molecule has 2 amide bonds. The van der Waals surface area contributed by atoms with Gasteiger partial charge < -0.3 is 19.3 Å². The minimum absolute atomic E-state index is 0.253. The third-order valence-corrected chi connectivity index (χ3v) is 4.00. The number of aliphatic carboxylic acids is 1. The van der Waals surface area contributed by atoms with Gasteiger partial charge in [0.25, 0.3) is 0 Å². The smallest absolute Gasteiger partial charge is 0.327 e. The number of thioether (sulfide) groups is 1. The fourth-order valence-corrected chi connectivity index (χ4v) is 3.06. The van der Waals surface area contributed by atoms with E-state index < -0.39 is 12.0 Å². The van der Waals surface area contributed by atoms with Gasteiger partial charge in [0, 0.05) is 12.3 Å². The molecule has 1 aromatic heterocycles. The molecule has 1 N–H and O–H groups in total. The second kappa shape index (κ2) is 6.01. The predicted molar refractivity (Wildman–Crippen MR) is 70.8 cm³/mol. The molecule has 19 heavy (non-hydrogen) atoms. The molecule has 6 nitrogen and oxygen atoms in total. The third kappa shape index (κ3) is 3.04. The third-order valence-electron chi connectivity index (χ3n) is 2.99.